The first-order chi connectivity index (χ1) is 31.7. The number of hydrogen-bond donors (Lipinski definition) is 0. The molecule has 1 unspecified atom stereocenters. The van der Waals surface area contributed by atoms with E-state index in [0.29, 0.717) is 0 Å². The van der Waals surface area contributed by atoms with Crippen molar-refractivity contribution in [3.63, 3.8) is 0 Å². The number of para-hydroxylation sites is 2. The van der Waals surface area contributed by atoms with Gasteiger partial charge in [0.15, 0.2) is 0 Å². The van der Waals surface area contributed by atoms with Crippen LogP contribution in [0.1, 0.15) is 44.5 Å². The minimum atomic E-state index is -0.683. The summed E-state index contributed by atoms with van der Waals surface area (Å²) in [5, 5.41) is 2.49. The monoisotopic (exact) mass is 831 g/mol. The highest BCUT2D eigenvalue weighted by atomic mass is 32.2. The maximum atomic E-state index is 5.39. The molecule has 0 radical (unpaired) electrons. The SMILES string of the molecule is c1cc(-c2cnc3c(c2)C2(c4ccccc4Sc4cc5c(cc42)-c2ccccc2C52c4cccnc4-c4ncccc42)c2cccnc2-3)cc(-n2c3ccccc3c3ccccc32)c1. The summed E-state index contributed by atoms with van der Waals surface area (Å²) < 4.78 is 2.39. The van der Waals surface area contributed by atoms with Gasteiger partial charge in [-0.15, -0.1) is 0 Å². The molecular formula is C58H33N5S. The van der Waals surface area contributed by atoms with Gasteiger partial charge in [-0.25, -0.2) is 0 Å². The third-order valence-corrected chi connectivity index (χ3v) is 15.6. The zero-order chi connectivity index (χ0) is 41.7. The van der Waals surface area contributed by atoms with Crippen molar-refractivity contribution in [2.45, 2.75) is 20.6 Å². The molecule has 0 saturated heterocycles. The number of pyridine rings is 4. The summed E-state index contributed by atoms with van der Waals surface area (Å²) in [5.74, 6) is 0. The van der Waals surface area contributed by atoms with Crippen LogP contribution in [0.3, 0.4) is 0 Å². The van der Waals surface area contributed by atoms with Crippen LogP contribution in [0.15, 0.2) is 211 Å². The van der Waals surface area contributed by atoms with Gasteiger partial charge in [0.2, 0.25) is 0 Å². The minimum absolute atomic E-state index is 0.554. The fourth-order valence-corrected chi connectivity index (χ4v) is 13.3. The van der Waals surface area contributed by atoms with Crippen molar-refractivity contribution in [1.29, 1.82) is 0 Å². The van der Waals surface area contributed by atoms with E-state index in [2.05, 4.69) is 180 Å². The molecule has 6 heteroatoms. The molecule has 64 heavy (non-hydrogen) atoms. The van der Waals surface area contributed by atoms with Crippen molar-refractivity contribution in [1.82, 2.24) is 24.5 Å². The van der Waals surface area contributed by atoms with E-state index in [0.717, 1.165) is 50.7 Å². The zero-order valence-corrected chi connectivity index (χ0v) is 35.0. The predicted molar refractivity (Wildman–Crippen MR) is 255 cm³/mol. The number of nitrogens with zero attached hydrogens (tertiary/aromatic N) is 5. The van der Waals surface area contributed by atoms with E-state index in [1.165, 1.54) is 76.1 Å². The molecule has 0 N–H and O–H groups in total. The molecule has 5 nitrogen and oxygen atoms in total. The molecule has 0 saturated carbocycles. The molecule has 15 rings (SSSR count). The first-order valence-corrected chi connectivity index (χ1v) is 22.6. The molecule has 1 atom stereocenters. The Kier molecular flexibility index (Phi) is 6.70. The molecule has 11 aromatic rings. The molecule has 1 aliphatic heterocycles. The van der Waals surface area contributed by atoms with Crippen LogP contribution in [-0.4, -0.2) is 24.5 Å². The molecule has 3 aliphatic carbocycles. The van der Waals surface area contributed by atoms with Gasteiger partial charge >= 0.3 is 0 Å². The van der Waals surface area contributed by atoms with Crippen molar-refractivity contribution < 1.29 is 0 Å². The standard InChI is InChI=1S/C58H33N5S/c1-4-18-41-37(15-1)40-31-47-52(32-46(40)57(41)43-20-10-26-59-53(43)54-44(57)21-11-27-60-54)64-51-25-8-5-19-42(51)58(47)45-22-12-28-61-55(45)56-48(58)30-35(33-62-56)34-13-9-14-36(29-34)63-49-23-6-2-16-38(49)39-17-3-7-24-50(39)63/h1-33H. The zero-order valence-electron chi connectivity index (χ0n) is 34.2. The molecule has 6 aromatic carbocycles. The second-order valence-corrected chi connectivity index (χ2v) is 18.4. The van der Waals surface area contributed by atoms with Crippen LogP contribution in [0, 0.1) is 0 Å². The fraction of sp³-hybridized carbons (Fsp3) is 0.0345. The second-order valence-electron chi connectivity index (χ2n) is 17.3. The van der Waals surface area contributed by atoms with Gasteiger partial charge in [0.05, 0.1) is 44.6 Å². The van der Waals surface area contributed by atoms with E-state index in [4.69, 9.17) is 19.9 Å². The molecular weight excluding hydrogens is 799 g/mol. The number of aromatic nitrogens is 5. The number of hydrogen-bond acceptors (Lipinski definition) is 5. The van der Waals surface area contributed by atoms with Crippen molar-refractivity contribution in [3.8, 4) is 50.7 Å². The Balaban J connectivity index is 0.999. The van der Waals surface area contributed by atoms with Crippen LogP contribution in [0.2, 0.25) is 0 Å². The van der Waals surface area contributed by atoms with E-state index in [1.54, 1.807) is 0 Å². The van der Waals surface area contributed by atoms with Gasteiger partial charge in [-0.05, 0) is 122 Å². The summed E-state index contributed by atoms with van der Waals surface area (Å²) in [6, 6.07) is 64.8. The normalized spacial score (nSPS) is 16.2. The lowest BCUT2D eigenvalue weighted by molar-refractivity contribution is 0.714. The van der Waals surface area contributed by atoms with Gasteiger partial charge < -0.3 is 4.57 Å². The van der Waals surface area contributed by atoms with E-state index in [9.17, 15) is 0 Å². The Bertz CT molecular complexity index is 3770. The molecule has 5 aromatic heterocycles. The largest absolute Gasteiger partial charge is 0.309 e. The second kappa shape index (κ2) is 12.4. The van der Waals surface area contributed by atoms with Crippen LogP contribution in [0.25, 0.3) is 72.5 Å². The predicted octanol–water partition coefficient (Wildman–Crippen LogP) is 13.2. The van der Waals surface area contributed by atoms with E-state index < -0.39 is 10.8 Å². The summed E-state index contributed by atoms with van der Waals surface area (Å²) in [7, 11) is 0. The first kappa shape index (κ1) is 34.6. The van der Waals surface area contributed by atoms with Gasteiger partial charge in [0.1, 0.15) is 0 Å². The van der Waals surface area contributed by atoms with E-state index in [-0.39, 0.29) is 0 Å². The summed E-state index contributed by atoms with van der Waals surface area (Å²) >= 11 is 1.87. The number of rotatable bonds is 2. The van der Waals surface area contributed by atoms with E-state index in [1.807, 2.05) is 36.5 Å². The summed E-state index contributed by atoms with van der Waals surface area (Å²) in [6.45, 7) is 0. The van der Waals surface area contributed by atoms with Gasteiger partial charge in [0.25, 0.3) is 0 Å². The molecule has 0 amide bonds. The smallest absolute Gasteiger partial charge is 0.0937 e. The highest BCUT2D eigenvalue weighted by molar-refractivity contribution is 7.99. The van der Waals surface area contributed by atoms with Gasteiger partial charge in [0, 0.05) is 62.2 Å². The molecule has 2 spiro atoms. The van der Waals surface area contributed by atoms with Crippen LogP contribution in [0.4, 0.5) is 0 Å². The number of fused-ring (bicyclic) bond motifs is 22. The third-order valence-electron chi connectivity index (χ3n) is 14.5. The van der Waals surface area contributed by atoms with Crippen molar-refractivity contribution in [2.75, 3.05) is 0 Å². The minimum Gasteiger partial charge on any atom is -0.309 e. The fourth-order valence-electron chi connectivity index (χ4n) is 12.1. The lowest BCUT2D eigenvalue weighted by Crippen LogP contribution is -2.33. The van der Waals surface area contributed by atoms with Crippen molar-refractivity contribution in [3.05, 3.63) is 245 Å². The maximum absolute atomic E-state index is 5.39. The Morgan fingerprint density at radius 3 is 1.64 bits per heavy atom. The lowest BCUT2D eigenvalue weighted by atomic mass is 9.66. The molecule has 6 heterocycles. The van der Waals surface area contributed by atoms with Crippen LogP contribution < -0.4 is 0 Å². The highest BCUT2D eigenvalue weighted by Crippen LogP contribution is 2.67. The van der Waals surface area contributed by atoms with Crippen LogP contribution in [-0.2, 0) is 10.8 Å². The van der Waals surface area contributed by atoms with Gasteiger partial charge in [-0.2, -0.15) is 0 Å². The van der Waals surface area contributed by atoms with E-state index >= 15 is 0 Å². The Hall–Kier alpha value is -7.93. The maximum Gasteiger partial charge on any atom is 0.0937 e. The molecule has 296 valence electrons. The van der Waals surface area contributed by atoms with Gasteiger partial charge in [-0.1, -0.05) is 121 Å². The first-order valence-electron chi connectivity index (χ1n) is 21.8. The third kappa shape index (κ3) is 4.13. The summed E-state index contributed by atoms with van der Waals surface area (Å²) in [6.07, 6.45) is 7.75. The van der Waals surface area contributed by atoms with Crippen LogP contribution in [0.5, 0.6) is 0 Å². The quantitative estimate of drug-likeness (QED) is 0.174. The Morgan fingerprint density at radius 2 is 0.938 bits per heavy atom. The van der Waals surface area contributed by atoms with Gasteiger partial charge in [-0.3, -0.25) is 19.9 Å². The molecule has 0 bridgehead atoms. The van der Waals surface area contributed by atoms with Crippen molar-refractivity contribution in [2.24, 2.45) is 0 Å². The Morgan fingerprint density at radius 1 is 0.359 bits per heavy atom. The molecule has 0 fully saturated rings. The summed E-state index contributed by atoms with van der Waals surface area (Å²) in [5.41, 5.74) is 20.4. The topological polar surface area (TPSA) is 56.5 Å². The molecule has 4 aliphatic rings. The number of benzene rings is 6. The highest BCUT2D eigenvalue weighted by Gasteiger charge is 2.56. The summed E-state index contributed by atoms with van der Waals surface area (Å²) in [4.78, 5) is 23.0. The Labute approximate surface area is 372 Å². The lowest BCUT2D eigenvalue weighted by Gasteiger charge is -2.40. The average Bonchev–Trinajstić information content (AvgIpc) is 4.05. The average molecular weight is 832 g/mol. The van der Waals surface area contributed by atoms with Crippen molar-refractivity contribution >= 4 is 33.6 Å². The van der Waals surface area contributed by atoms with Crippen LogP contribution >= 0.6 is 11.8 Å².